The van der Waals surface area contributed by atoms with Gasteiger partial charge in [-0.1, -0.05) is 311 Å². The minimum Gasteiger partial charge on any atom is -0.342 e. The third-order valence-electron chi connectivity index (χ3n) is 25.2. The number of nitrogens with zero attached hydrogens (tertiary/aromatic N) is 5. The Morgan fingerprint density at radius 1 is 0.347 bits per heavy atom. The Kier molecular flexibility index (Phi) is 16.8. The van der Waals surface area contributed by atoms with Crippen LogP contribution in [-0.2, 0) is 29.1 Å². The SMILES string of the molecule is [2H]c1c([2H])c(-n2c3ccccc3c3cc(-c4c5ccccc5nc5ccccc45)ccc32)c([2H])c2c1B1c3sc4cc(-n5c6ccccc6c6ccccc65)ccc4c3N(CCCc3c(-c4ccccc4)cc(C(C)(C)C)cc3-c3ccccc3)c3cc(C(C)(C)C)cc(c31)N2CCCc1c(-c2ccccc2)cc(C(C)(C)C)cc1-c1ccccc1. The number of hydrogen-bond donors (Lipinski definition) is 0. The third kappa shape index (κ3) is 12.4. The Hall–Kier alpha value is -12.8. The Morgan fingerprint density at radius 2 is 0.754 bits per heavy atom. The molecule has 0 fully saturated rings. The minimum atomic E-state index is -0.537. The summed E-state index contributed by atoms with van der Waals surface area (Å²) in [5.74, 6) is 0. The highest BCUT2D eigenvalue weighted by Gasteiger charge is 2.46. The molecule has 6 heterocycles. The van der Waals surface area contributed by atoms with Crippen LogP contribution in [0, 0.1) is 0 Å². The average molecular weight is 1540 g/mol. The summed E-state index contributed by atoms with van der Waals surface area (Å²) in [5, 5.41) is 7.70. The predicted molar refractivity (Wildman–Crippen MR) is 508 cm³/mol. The van der Waals surface area contributed by atoms with Gasteiger partial charge in [0.1, 0.15) is 0 Å². The third-order valence-corrected chi connectivity index (χ3v) is 26.4. The number of rotatable bonds is 15. The van der Waals surface area contributed by atoms with Crippen LogP contribution in [0.2, 0.25) is 0 Å². The summed E-state index contributed by atoms with van der Waals surface area (Å²) in [6.07, 6.45) is 3.01. The van der Waals surface area contributed by atoms with Crippen LogP contribution in [0.5, 0.6) is 0 Å². The Balaban J connectivity index is 0.812. The molecule has 572 valence electrons. The molecule has 7 heteroatoms. The van der Waals surface area contributed by atoms with Gasteiger partial charge < -0.3 is 18.9 Å². The van der Waals surface area contributed by atoms with Crippen molar-refractivity contribution in [2.45, 2.75) is 104 Å². The molecule has 0 radical (unpaired) electrons. The van der Waals surface area contributed by atoms with Crippen molar-refractivity contribution in [3.63, 3.8) is 0 Å². The van der Waals surface area contributed by atoms with Crippen LogP contribution in [0.1, 0.15) is 107 Å². The fraction of sp³-hybridized carbons (Fsp3) is 0.162. The quantitative estimate of drug-likeness (QED) is 0.0757. The Bertz CT molecular complexity index is 7160. The Morgan fingerprint density at radius 3 is 1.24 bits per heavy atom. The summed E-state index contributed by atoms with van der Waals surface area (Å²) in [5.41, 5.74) is 30.8. The molecular weight excluding hydrogens is 1450 g/mol. The lowest BCUT2D eigenvalue weighted by Crippen LogP contribution is -2.61. The van der Waals surface area contributed by atoms with Gasteiger partial charge in [-0.25, -0.2) is 4.98 Å². The van der Waals surface area contributed by atoms with E-state index < -0.39 is 6.71 Å². The van der Waals surface area contributed by atoms with Gasteiger partial charge in [0.25, 0.3) is 6.71 Å². The standard InChI is InChI=1S/C111H94BN5S/c1-109(2,3)76-63-89(71-34-14-10-15-35-71)81(90(64-76)72-36-16-11-17-37-72)47-32-60-114-101-69-79(116-99-53-31-26-44-85(99)93-62-75(54-59-100(93)116)105-86-45-22-27-49-95(86)113-96-50-28-23-46-87(96)105)56-58-94(101)112-106-102(114)67-78(111(7,8)9)68-103(106)115(61-33-48-82-91(73-38-18-12-19-39-73)65-77(110(4,5)6)66-92(82)74-40-20-13-21-41-74)107-88-57-55-80(70-104(88)118-108(107)112)117-97-51-29-24-42-83(97)84-43-25-30-52-98(84)117/h10-31,34-46,49-59,62-70H,32-33,47-48,60-61H2,1-9H3/i56D,58D,69D. The van der Waals surface area contributed by atoms with E-state index in [2.05, 4.69) is 397 Å². The van der Waals surface area contributed by atoms with Gasteiger partial charge in [-0.15, -0.1) is 11.3 Å². The van der Waals surface area contributed by atoms with Gasteiger partial charge in [-0.2, -0.15) is 0 Å². The molecule has 0 amide bonds. The van der Waals surface area contributed by atoms with Crippen molar-refractivity contribution in [3.05, 3.63) is 361 Å². The molecule has 0 spiro atoms. The van der Waals surface area contributed by atoms with Crippen LogP contribution in [0.25, 0.3) is 143 Å². The van der Waals surface area contributed by atoms with Crippen molar-refractivity contribution < 1.29 is 4.11 Å². The summed E-state index contributed by atoms with van der Waals surface area (Å²) < 4.78 is 41.0. The van der Waals surface area contributed by atoms with Crippen LogP contribution < -0.4 is 25.5 Å². The second-order valence-electron chi connectivity index (χ2n) is 35.6. The molecule has 19 aromatic rings. The molecule has 15 aromatic carbocycles. The largest absolute Gasteiger partial charge is 0.342 e. The van der Waals surface area contributed by atoms with Crippen LogP contribution in [-0.4, -0.2) is 33.9 Å². The van der Waals surface area contributed by atoms with E-state index in [1.165, 1.54) is 83.1 Å². The average Bonchev–Trinajstić information content (AvgIpc) is 1.67. The maximum absolute atomic E-state index is 11.7. The molecular formula is C111H94BN5S. The maximum Gasteiger partial charge on any atom is 0.264 e. The highest BCUT2D eigenvalue weighted by Crippen LogP contribution is 2.50. The number of hydrogen-bond acceptors (Lipinski definition) is 4. The molecule has 21 rings (SSSR count). The summed E-state index contributed by atoms with van der Waals surface area (Å²) in [6, 6.07) is 116. The molecule has 0 N–H and O–H groups in total. The van der Waals surface area contributed by atoms with Gasteiger partial charge in [0.05, 0.1) is 42.9 Å². The molecule has 0 unspecified atom stereocenters. The smallest absolute Gasteiger partial charge is 0.264 e. The van der Waals surface area contributed by atoms with E-state index >= 15 is 0 Å². The first-order chi connectivity index (χ1) is 58.7. The van der Waals surface area contributed by atoms with Crippen molar-refractivity contribution in [3.8, 4) is 67.0 Å². The Labute approximate surface area is 701 Å². The fourth-order valence-electron chi connectivity index (χ4n) is 19.3. The van der Waals surface area contributed by atoms with Gasteiger partial charge >= 0.3 is 0 Å². The number of pyridine rings is 1. The second-order valence-corrected chi connectivity index (χ2v) is 36.7. The number of aromatic nitrogens is 3. The monoisotopic (exact) mass is 1540 g/mol. The van der Waals surface area contributed by atoms with Crippen molar-refractivity contribution in [2.75, 3.05) is 22.9 Å². The van der Waals surface area contributed by atoms with Gasteiger partial charge in [0.15, 0.2) is 0 Å². The molecule has 0 saturated carbocycles. The maximum atomic E-state index is 11.7. The molecule has 2 aliphatic rings. The lowest BCUT2D eigenvalue weighted by atomic mass is 9.36. The summed E-state index contributed by atoms with van der Waals surface area (Å²) in [6.45, 7) is 21.6. The molecule has 0 atom stereocenters. The predicted octanol–water partition coefficient (Wildman–Crippen LogP) is 27.7. The zero-order valence-corrected chi connectivity index (χ0v) is 69.3. The van der Waals surface area contributed by atoms with Crippen LogP contribution in [0.4, 0.5) is 22.7 Å². The molecule has 0 aliphatic carbocycles. The van der Waals surface area contributed by atoms with E-state index in [1.54, 1.807) is 0 Å². The van der Waals surface area contributed by atoms with Crippen molar-refractivity contribution in [1.29, 1.82) is 0 Å². The van der Waals surface area contributed by atoms with Crippen molar-refractivity contribution in [1.82, 2.24) is 14.1 Å². The summed E-state index contributed by atoms with van der Waals surface area (Å²) >= 11 is 1.83. The van der Waals surface area contributed by atoms with Crippen LogP contribution in [0.15, 0.2) is 334 Å². The number of thiophene rings is 1. The second kappa shape index (κ2) is 28.5. The zero-order valence-electron chi connectivity index (χ0n) is 71.5. The number of benzene rings is 15. The van der Waals surface area contributed by atoms with Crippen molar-refractivity contribution in [2.24, 2.45) is 0 Å². The fourth-order valence-corrected chi connectivity index (χ4v) is 20.7. The van der Waals surface area contributed by atoms with Gasteiger partial charge in [-0.05, 0) is 216 Å². The molecule has 0 saturated heterocycles. The van der Waals surface area contributed by atoms with E-state index in [0.29, 0.717) is 42.8 Å². The first-order valence-corrected chi connectivity index (χ1v) is 42.8. The van der Waals surface area contributed by atoms with Gasteiger partial charge in [-0.3, -0.25) is 0 Å². The number of fused-ring (bicyclic) bond motifs is 14. The lowest BCUT2D eigenvalue weighted by Gasteiger charge is -2.44. The van der Waals surface area contributed by atoms with Gasteiger partial charge in [0.2, 0.25) is 0 Å². The molecule has 2 aliphatic heterocycles. The van der Waals surface area contributed by atoms with Crippen LogP contribution in [0.3, 0.4) is 0 Å². The molecule has 118 heavy (non-hydrogen) atoms. The highest BCUT2D eigenvalue weighted by atomic mass is 32.1. The number of para-hydroxylation sites is 5. The molecule has 4 aromatic heterocycles. The first kappa shape index (κ1) is 69.5. The normalized spacial score (nSPS) is 13.3. The van der Waals surface area contributed by atoms with E-state index in [0.717, 1.165) is 122 Å². The van der Waals surface area contributed by atoms with E-state index in [9.17, 15) is 4.11 Å². The van der Waals surface area contributed by atoms with E-state index in [1.807, 2.05) is 11.3 Å². The molecule has 5 nitrogen and oxygen atoms in total. The van der Waals surface area contributed by atoms with Gasteiger partial charge in [0, 0.05) is 94.3 Å². The topological polar surface area (TPSA) is 29.2 Å². The number of anilines is 4. The van der Waals surface area contributed by atoms with Crippen molar-refractivity contribution >= 4 is 132 Å². The highest BCUT2D eigenvalue weighted by molar-refractivity contribution is 7.33. The summed E-state index contributed by atoms with van der Waals surface area (Å²) in [4.78, 5) is 10.3. The molecule has 0 bridgehead atoms. The zero-order chi connectivity index (χ0) is 82.5. The van der Waals surface area contributed by atoms with E-state index in [4.69, 9.17) is 4.98 Å². The van der Waals surface area contributed by atoms with E-state index in [-0.39, 0.29) is 34.4 Å². The first-order valence-electron chi connectivity index (χ1n) is 43.5. The minimum absolute atomic E-state index is 0.0245. The summed E-state index contributed by atoms with van der Waals surface area (Å²) in [7, 11) is 0. The lowest BCUT2D eigenvalue weighted by molar-refractivity contribution is 0.590. The van der Waals surface area contributed by atoms with Crippen LogP contribution >= 0.6 is 11.3 Å².